The molecule has 1 unspecified atom stereocenters. The van der Waals surface area contributed by atoms with E-state index < -0.39 is 5.51 Å². The highest BCUT2D eigenvalue weighted by atomic mass is 32.2. The van der Waals surface area contributed by atoms with Crippen LogP contribution in [0.3, 0.4) is 0 Å². The van der Waals surface area contributed by atoms with Gasteiger partial charge < -0.3 is 5.32 Å². The third-order valence-electron chi connectivity index (χ3n) is 4.27. The van der Waals surface area contributed by atoms with E-state index in [2.05, 4.69) is 10.3 Å². The first-order valence-corrected chi connectivity index (χ1v) is 9.53. The van der Waals surface area contributed by atoms with E-state index in [-0.39, 0.29) is 22.7 Å². The molecule has 2 aromatic rings. The van der Waals surface area contributed by atoms with Crippen molar-refractivity contribution in [2.75, 3.05) is 6.54 Å². The highest BCUT2D eigenvalue weighted by molar-refractivity contribution is 8.00. The van der Waals surface area contributed by atoms with Gasteiger partial charge in [-0.2, -0.15) is 13.2 Å². The first-order valence-electron chi connectivity index (χ1n) is 8.72. The lowest BCUT2D eigenvalue weighted by Crippen LogP contribution is -2.29. The van der Waals surface area contributed by atoms with Gasteiger partial charge in [-0.05, 0) is 47.9 Å². The fraction of sp³-hybridized carbons (Fsp3) is 0.350. The van der Waals surface area contributed by atoms with Crippen LogP contribution in [0.15, 0.2) is 64.5 Å². The lowest BCUT2D eigenvalue weighted by Gasteiger charge is -2.22. The van der Waals surface area contributed by atoms with Crippen LogP contribution in [0.25, 0.3) is 0 Å². The average molecular weight is 378 g/mol. The Hall–Kier alpha value is -1.95. The smallest absolute Gasteiger partial charge is 0.363 e. The quantitative estimate of drug-likeness (QED) is 0.665. The van der Waals surface area contributed by atoms with Gasteiger partial charge >= 0.3 is 5.51 Å². The van der Waals surface area contributed by atoms with E-state index >= 15 is 0 Å². The van der Waals surface area contributed by atoms with Crippen molar-refractivity contribution in [1.29, 1.82) is 0 Å². The molecule has 0 bridgehead atoms. The van der Waals surface area contributed by atoms with Crippen LogP contribution in [0, 0.1) is 0 Å². The number of hydrogen-bond donors (Lipinski definition) is 1. The van der Waals surface area contributed by atoms with Crippen LogP contribution in [0.5, 0.6) is 0 Å². The van der Waals surface area contributed by atoms with E-state index in [4.69, 9.17) is 0 Å². The summed E-state index contributed by atoms with van der Waals surface area (Å²) in [5, 5.41) is 3.52. The van der Waals surface area contributed by atoms with Gasteiger partial charge in [-0.1, -0.05) is 48.9 Å². The van der Waals surface area contributed by atoms with Crippen LogP contribution in [0.1, 0.15) is 42.9 Å². The van der Waals surface area contributed by atoms with Gasteiger partial charge in [-0.15, -0.1) is 0 Å². The summed E-state index contributed by atoms with van der Waals surface area (Å²) >= 11 is -0.0887. The molecule has 0 amide bonds. The summed E-state index contributed by atoms with van der Waals surface area (Å²) < 4.78 is 37.6. The fourth-order valence-corrected chi connectivity index (χ4v) is 3.56. The Morgan fingerprint density at radius 2 is 1.58 bits per heavy atom. The van der Waals surface area contributed by atoms with Crippen molar-refractivity contribution in [3.8, 4) is 0 Å². The largest absolute Gasteiger partial charge is 0.446 e. The highest BCUT2D eigenvalue weighted by Crippen LogP contribution is 2.37. The second-order valence-electron chi connectivity index (χ2n) is 6.24. The van der Waals surface area contributed by atoms with Gasteiger partial charge in [0.2, 0.25) is 0 Å². The van der Waals surface area contributed by atoms with Gasteiger partial charge in [0.25, 0.3) is 0 Å². The molecule has 1 N–H and O–H groups in total. The Morgan fingerprint density at radius 1 is 0.885 bits per heavy atom. The van der Waals surface area contributed by atoms with E-state index in [9.17, 15) is 13.2 Å². The van der Waals surface area contributed by atoms with Crippen LogP contribution < -0.4 is 5.32 Å². The van der Waals surface area contributed by atoms with Crippen molar-refractivity contribution >= 4 is 17.6 Å². The summed E-state index contributed by atoms with van der Waals surface area (Å²) in [4.78, 5) is 4.83. The maximum Gasteiger partial charge on any atom is 0.446 e. The van der Waals surface area contributed by atoms with Crippen molar-refractivity contribution in [3.05, 3.63) is 65.7 Å². The number of thioether (sulfide) groups is 1. The van der Waals surface area contributed by atoms with Crippen LogP contribution in [-0.2, 0) is 0 Å². The number of halogens is 3. The Kier molecular flexibility index (Phi) is 6.25. The molecule has 1 aliphatic heterocycles. The van der Waals surface area contributed by atoms with Crippen molar-refractivity contribution < 1.29 is 13.2 Å². The summed E-state index contributed by atoms with van der Waals surface area (Å²) in [5.41, 5.74) is -2.28. The molecule has 1 aliphatic rings. The summed E-state index contributed by atoms with van der Waals surface area (Å²) in [6, 6.07) is 16.4. The lowest BCUT2D eigenvalue weighted by molar-refractivity contribution is -0.0328. The van der Waals surface area contributed by atoms with Gasteiger partial charge in [-0.3, -0.25) is 4.99 Å². The molecule has 0 fully saturated rings. The summed E-state index contributed by atoms with van der Waals surface area (Å²) in [6.07, 6.45) is 4.29. The maximum absolute atomic E-state index is 12.5. The molecule has 3 rings (SSSR count). The van der Waals surface area contributed by atoms with Crippen molar-refractivity contribution in [2.45, 2.75) is 42.1 Å². The lowest BCUT2D eigenvalue weighted by atomic mass is 9.98. The van der Waals surface area contributed by atoms with Crippen molar-refractivity contribution in [1.82, 2.24) is 5.32 Å². The van der Waals surface area contributed by atoms with E-state index in [1.165, 1.54) is 18.6 Å². The molecule has 138 valence electrons. The Morgan fingerprint density at radius 3 is 2.27 bits per heavy atom. The first kappa shape index (κ1) is 18.8. The number of amidine groups is 1. The third kappa shape index (κ3) is 5.53. The minimum atomic E-state index is -4.27. The zero-order valence-corrected chi connectivity index (χ0v) is 15.1. The van der Waals surface area contributed by atoms with Gasteiger partial charge in [0.15, 0.2) is 0 Å². The number of nitrogens with one attached hydrogen (secondary N) is 1. The maximum atomic E-state index is 12.5. The minimum Gasteiger partial charge on any atom is -0.363 e. The number of aliphatic imine (C=N–C) groups is 1. The number of alkyl halides is 3. The highest BCUT2D eigenvalue weighted by Gasteiger charge is 2.29. The molecule has 0 aliphatic carbocycles. The van der Waals surface area contributed by atoms with Crippen LogP contribution in [-0.4, -0.2) is 17.9 Å². The Bertz CT molecular complexity index is 727. The molecule has 0 aromatic heterocycles. The molecule has 26 heavy (non-hydrogen) atoms. The molecule has 6 heteroatoms. The first-order chi connectivity index (χ1) is 12.5. The molecule has 0 saturated carbocycles. The molecule has 1 heterocycles. The van der Waals surface area contributed by atoms with E-state index in [0.29, 0.717) is 0 Å². The molecular formula is C20H21F3N2S. The van der Waals surface area contributed by atoms with Crippen molar-refractivity contribution in [2.24, 2.45) is 4.99 Å². The van der Waals surface area contributed by atoms with Crippen LogP contribution in [0.2, 0.25) is 0 Å². The van der Waals surface area contributed by atoms with Gasteiger partial charge in [0, 0.05) is 17.9 Å². The molecule has 0 spiro atoms. The van der Waals surface area contributed by atoms with E-state index in [1.807, 2.05) is 30.3 Å². The molecule has 2 nitrogen and oxygen atoms in total. The van der Waals surface area contributed by atoms with Gasteiger partial charge in [-0.25, -0.2) is 0 Å². The summed E-state index contributed by atoms with van der Waals surface area (Å²) in [5.74, 6) is 0.977. The summed E-state index contributed by atoms with van der Waals surface area (Å²) in [6.45, 7) is 0.824. The number of benzene rings is 2. The SMILES string of the molecule is FC(F)(F)Sc1ccc(C(NC2=NCCCCC2)c2ccccc2)cc1. The fourth-order valence-electron chi connectivity index (χ4n) is 3.03. The van der Waals surface area contributed by atoms with Gasteiger partial charge in [0.1, 0.15) is 0 Å². The molecule has 0 radical (unpaired) electrons. The third-order valence-corrected chi connectivity index (χ3v) is 5.00. The van der Waals surface area contributed by atoms with Gasteiger partial charge in [0.05, 0.1) is 11.9 Å². The van der Waals surface area contributed by atoms with Crippen LogP contribution in [0.4, 0.5) is 13.2 Å². The Balaban J connectivity index is 1.84. The average Bonchev–Trinajstić information content (AvgIpc) is 2.89. The van der Waals surface area contributed by atoms with Crippen molar-refractivity contribution in [3.63, 3.8) is 0 Å². The summed E-state index contributed by atoms with van der Waals surface area (Å²) in [7, 11) is 0. The van der Waals surface area contributed by atoms with E-state index in [1.54, 1.807) is 12.1 Å². The normalized spacial score (nSPS) is 16.5. The standard InChI is InChI=1S/C20H21F3N2S/c21-20(22,23)26-17-12-10-16(11-13-17)19(15-7-3-1-4-8-15)25-18-9-5-2-6-14-24-18/h1,3-4,7-8,10-13,19H,2,5-6,9,14H2,(H,24,25). The predicted molar refractivity (Wildman–Crippen MR) is 101 cm³/mol. The molecule has 2 aromatic carbocycles. The molecular weight excluding hydrogens is 357 g/mol. The second-order valence-corrected chi connectivity index (χ2v) is 7.38. The monoisotopic (exact) mass is 378 g/mol. The Labute approximate surface area is 155 Å². The second kappa shape index (κ2) is 8.62. The minimum absolute atomic E-state index is 0.0887. The number of nitrogens with zero attached hydrogens (tertiary/aromatic N) is 1. The number of rotatable bonds is 4. The zero-order chi connectivity index (χ0) is 18.4. The van der Waals surface area contributed by atoms with Crippen LogP contribution >= 0.6 is 11.8 Å². The predicted octanol–water partition coefficient (Wildman–Crippen LogP) is 5.95. The number of hydrogen-bond acceptors (Lipinski definition) is 3. The van der Waals surface area contributed by atoms with E-state index in [0.717, 1.165) is 42.8 Å². The zero-order valence-electron chi connectivity index (χ0n) is 14.3. The topological polar surface area (TPSA) is 24.4 Å². The molecule has 1 atom stereocenters. The molecule has 0 saturated heterocycles.